The highest BCUT2D eigenvalue weighted by atomic mass is 15.0. The minimum Gasteiger partial charge on any atom is -0.309 e. The van der Waals surface area contributed by atoms with Crippen LogP contribution in [0.15, 0.2) is 231 Å². The number of hydrogen-bond acceptors (Lipinski definition) is 2. The van der Waals surface area contributed by atoms with Crippen molar-refractivity contribution in [2.24, 2.45) is 0 Å². The second-order valence-electron chi connectivity index (χ2n) is 16.5. The molecule has 0 aliphatic rings. The molecule has 4 heteroatoms. The van der Waals surface area contributed by atoms with Crippen molar-refractivity contribution >= 4 is 65.2 Å². The summed E-state index contributed by atoms with van der Waals surface area (Å²) >= 11 is 0. The first-order valence-corrected chi connectivity index (χ1v) is 21.8. The summed E-state index contributed by atoms with van der Waals surface area (Å²) in [5.74, 6) is 0.690. The van der Waals surface area contributed by atoms with Crippen LogP contribution in [0.5, 0.6) is 0 Å². The Balaban J connectivity index is 1.01. The van der Waals surface area contributed by atoms with Crippen LogP contribution in [0.4, 0.5) is 0 Å². The maximum Gasteiger partial charge on any atom is 0.160 e. The Kier molecular flexibility index (Phi) is 8.18. The molecule has 3 aromatic heterocycles. The van der Waals surface area contributed by atoms with Crippen LogP contribution in [0, 0.1) is 0 Å². The maximum atomic E-state index is 5.18. The Morgan fingerprint density at radius 3 is 1.42 bits per heavy atom. The fraction of sp³-hybridized carbons (Fsp3) is 0. The first-order valence-electron chi connectivity index (χ1n) is 21.8. The van der Waals surface area contributed by atoms with Crippen LogP contribution in [0.2, 0.25) is 0 Å². The van der Waals surface area contributed by atoms with Gasteiger partial charge in [0.1, 0.15) is 0 Å². The van der Waals surface area contributed by atoms with Gasteiger partial charge in [0.2, 0.25) is 0 Å². The number of hydrogen-bond donors (Lipinski definition) is 0. The molecule has 0 fully saturated rings. The molecule has 13 rings (SSSR count). The monoisotopic (exact) mass is 814 g/mol. The summed E-state index contributed by atoms with van der Waals surface area (Å²) in [7, 11) is 0. The van der Waals surface area contributed by atoms with Gasteiger partial charge in [-0.3, -0.25) is 0 Å². The highest BCUT2D eigenvalue weighted by Crippen LogP contribution is 2.44. The van der Waals surface area contributed by atoms with Gasteiger partial charge in [-0.1, -0.05) is 176 Å². The number of rotatable bonds is 6. The number of benzene rings is 10. The molecule has 0 spiro atoms. The van der Waals surface area contributed by atoms with Crippen molar-refractivity contribution in [3.63, 3.8) is 0 Å². The topological polar surface area (TPSA) is 35.6 Å². The summed E-state index contributed by atoms with van der Waals surface area (Å²) < 4.78 is 4.83. The fourth-order valence-corrected chi connectivity index (χ4v) is 10.0. The summed E-state index contributed by atoms with van der Waals surface area (Å²) in [6.45, 7) is 0. The van der Waals surface area contributed by atoms with E-state index in [1.54, 1.807) is 0 Å². The van der Waals surface area contributed by atoms with Crippen molar-refractivity contribution in [2.75, 3.05) is 0 Å². The van der Waals surface area contributed by atoms with E-state index in [2.05, 4.69) is 228 Å². The minimum atomic E-state index is 0.690. The molecule has 3 heterocycles. The molecule has 0 bridgehead atoms. The highest BCUT2D eigenvalue weighted by Gasteiger charge is 2.20. The van der Waals surface area contributed by atoms with Crippen LogP contribution in [0.1, 0.15) is 0 Å². The van der Waals surface area contributed by atoms with Crippen LogP contribution >= 0.6 is 0 Å². The summed E-state index contributed by atoms with van der Waals surface area (Å²) in [4.78, 5) is 10.4. The second-order valence-corrected chi connectivity index (χ2v) is 16.5. The molecule has 0 aliphatic heterocycles. The second kappa shape index (κ2) is 14.5. The van der Waals surface area contributed by atoms with Crippen molar-refractivity contribution in [3.8, 4) is 56.4 Å². The van der Waals surface area contributed by atoms with Crippen LogP contribution in [0.25, 0.3) is 122 Å². The lowest BCUT2D eigenvalue weighted by Crippen LogP contribution is -1.98. The van der Waals surface area contributed by atoms with Gasteiger partial charge in [0, 0.05) is 49.6 Å². The molecule has 0 saturated carbocycles. The van der Waals surface area contributed by atoms with Gasteiger partial charge in [-0.25, -0.2) is 9.97 Å². The number of aromatic nitrogens is 4. The van der Waals surface area contributed by atoms with Gasteiger partial charge in [0.05, 0.1) is 33.5 Å². The van der Waals surface area contributed by atoms with Crippen molar-refractivity contribution in [1.29, 1.82) is 0 Å². The van der Waals surface area contributed by atoms with E-state index in [-0.39, 0.29) is 0 Å². The third-order valence-electron chi connectivity index (χ3n) is 12.9. The molecule has 0 atom stereocenters. The quantitative estimate of drug-likeness (QED) is 0.157. The molecule has 0 saturated heterocycles. The Bertz CT molecular complexity index is 3860. The molecule has 0 amide bonds. The minimum absolute atomic E-state index is 0.690. The van der Waals surface area contributed by atoms with E-state index in [9.17, 15) is 0 Å². The van der Waals surface area contributed by atoms with Gasteiger partial charge in [0.15, 0.2) is 5.82 Å². The average molecular weight is 815 g/mol. The van der Waals surface area contributed by atoms with Crippen LogP contribution in [-0.2, 0) is 0 Å². The fourth-order valence-electron chi connectivity index (χ4n) is 10.0. The standard InChI is InChI=1S/C60H38N4/c1-4-15-39(16-5-1)40-27-31-45(32-28-40)63-54-26-13-11-24-50(54)59-56(63)35-30-43-29-33-48-47(57(43)59)34-36-55-58(48)49-23-10-12-25-53(49)64(55)46-22-14-21-44(37-46)60-61-51(41-17-6-2-7-18-41)38-52(62-60)42-19-8-3-9-20-42/h1-38H. The van der Waals surface area contributed by atoms with Gasteiger partial charge >= 0.3 is 0 Å². The lowest BCUT2D eigenvalue weighted by molar-refractivity contribution is 1.16. The van der Waals surface area contributed by atoms with Crippen molar-refractivity contribution < 1.29 is 0 Å². The molecule has 0 radical (unpaired) electrons. The van der Waals surface area contributed by atoms with E-state index in [1.165, 1.54) is 65.3 Å². The van der Waals surface area contributed by atoms with E-state index < -0.39 is 0 Å². The predicted octanol–water partition coefficient (Wildman–Crippen LogP) is 15.6. The molecule has 64 heavy (non-hydrogen) atoms. The molecule has 0 aliphatic carbocycles. The Hall–Kier alpha value is -8.60. The van der Waals surface area contributed by atoms with Crippen molar-refractivity contribution in [2.45, 2.75) is 0 Å². The Morgan fingerprint density at radius 1 is 0.266 bits per heavy atom. The van der Waals surface area contributed by atoms with E-state index in [0.717, 1.165) is 50.5 Å². The number of para-hydroxylation sites is 2. The van der Waals surface area contributed by atoms with Gasteiger partial charge in [-0.15, -0.1) is 0 Å². The third-order valence-corrected chi connectivity index (χ3v) is 12.9. The van der Waals surface area contributed by atoms with E-state index >= 15 is 0 Å². The van der Waals surface area contributed by atoms with Crippen molar-refractivity contribution in [3.05, 3.63) is 231 Å². The number of fused-ring (bicyclic) bond motifs is 11. The Morgan fingerprint density at radius 2 is 0.750 bits per heavy atom. The molecule has 10 aromatic carbocycles. The summed E-state index contributed by atoms with van der Waals surface area (Å²) in [6.07, 6.45) is 0. The van der Waals surface area contributed by atoms with Gasteiger partial charge in [0.25, 0.3) is 0 Å². The van der Waals surface area contributed by atoms with E-state index in [0.29, 0.717) is 5.82 Å². The van der Waals surface area contributed by atoms with Crippen LogP contribution in [0.3, 0.4) is 0 Å². The molecule has 0 N–H and O–H groups in total. The van der Waals surface area contributed by atoms with Crippen LogP contribution in [-0.4, -0.2) is 19.1 Å². The van der Waals surface area contributed by atoms with E-state index in [1.807, 2.05) is 12.1 Å². The first kappa shape index (κ1) is 36.1. The lowest BCUT2D eigenvalue weighted by Gasteiger charge is -2.13. The SMILES string of the molecule is c1ccc(-c2ccc(-n3c4ccccc4c4c5c(ccc6c5ccc5c6c6ccccc6n5-c5cccc(-c6nc(-c7ccccc7)cc(-c7ccccc7)n6)c5)ccc43)cc2)cc1. The first-order chi connectivity index (χ1) is 31.7. The molecular weight excluding hydrogens is 777 g/mol. The smallest absolute Gasteiger partial charge is 0.160 e. The normalized spacial score (nSPS) is 11.8. The molecule has 298 valence electrons. The lowest BCUT2D eigenvalue weighted by atomic mass is 9.95. The predicted molar refractivity (Wildman–Crippen MR) is 267 cm³/mol. The molecular formula is C60H38N4. The zero-order chi connectivity index (χ0) is 42.1. The van der Waals surface area contributed by atoms with Crippen molar-refractivity contribution in [1.82, 2.24) is 19.1 Å². The summed E-state index contributed by atoms with van der Waals surface area (Å²) in [5.41, 5.74) is 14.2. The highest BCUT2D eigenvalue weighted by molar-refractivity contribution is 6.32. The average Bonchev–Trinajstić information content (AvgIpc) is 3.90. The number of nitrogens with zero attached hydrogens (tertiary/aromatic N) is 4. The van der Waals surface area contributed by atoms with Crippen LogP contribution < -0.4 is 0 Å². The zero-order valence-electron chi connectivity index (χ0n) is 34.7. The molecule has 4 nitrogen and oxygen atoms in total. The third kappa shape index (κ3) is 5.70. The summed E-state index contributed by atoms with van der Waals surface area (Å²) in [6, 6.07) is 82.6. The van der Waals surface area contributed by atoms with E-state index in [4.69, 9.17) is 9.97 Å². The zero-order valence-corrected chi connectivity index (χ0v) is 34.7. The molecule has 13 aromatic rings. The largest absolute Gasteiger partial charge is 0.309 e. The molecule has 0 unspecified atom stereocenters. The van der Waals surface area contributed by atoms with Gasteiger partial charge in [-0.05, 0) is 87.3 Å². The maximum absolute atomic E-state index is 5.18. The van der Waals surface area contributed by atoms with Gasteiger partial charge < -0.3 is 9.13 Å². The summed E-state index contributed by atoms with van der Waals surface area (Å²) in [5, 5.41) is 9.96. The Labute approximate surface area is 369 Å². The van der Waals surface area contributed by atoms with Gasteiger partial charge in [-0.2, -0.15) is 0 Å².